The van der Waals surface area contributed by atoms with Gasteiger partial charge in [-0.05, 0) is 42.0 Å². The average molecular weight is 361 g/mol. The predicted octanol–water partition coefficient (Wildman–Crippen LogP) is 5.38. The number of benzene rings is 2. The molecule has 0 fully saturated rings. The average Bonchev–Trinajstić information content (AvgIpc) is 2.40. The Morgan fingerprint density at radius 2 is 1.95 bits per heavy atom. The number of methoxy groups -OCH3 is 1. The lowest BCUT2D eigenvalue weighted by Gasteiger charge is -2.10. The Morgan fingerprint density at radius 3 is 2.63 bits per heavy atom. The van der Waals surface area contributed by atoms with E-state index < -0.39 is 0 Å². The molecule has 0 aromatic heterocycles. The highest BCUT2D eigenvalue weighted by Gasteiger charge is 2.04. The van der Waals surface area contributed by atoms with Crippen LogP contribution in [0.1, 0.15) is 5.56 Å². The van der Waals surface area contributed by atoms with Gasteiger partial charge in [0.05, 0.1) is 12.1 Å². The van der Waals surface area contributed by atoms with Crippen molar-refractivity contribution in [2.24, 2.45) is 0 Å². The van der Waals surface area contributed by atoms with Gasteiger partial charge < -0.3 is 10.1 Å². The first kappa shape index (κ1) is 14.5. The summed E-state index contributed by atoms with van der Waals surface area (Å²) in [6.07, 6.45) is 0. The molecule has 0 aliphatic carbocycles. The summed E-state index contributed by atoms with van der Waals surface area (Å²) < 4.78 is 6.13. The maximum Gasteiger partial charge on any atom is 0.137 e. The lowest BCUT2D eigenvalue weighted by Crippen LogP contribution is -2.00. The molecule has 19 heavy (non-hydrogen) atoms. The number of nitrogens with one attached hydrogen (secondary N) is 1. The van der Waals surface area contributed by atoms with E-state index in [-0.39, 0.29) is 0 Å². The molecule has 0 bridgehead atoms. The number of halogens is 3. The largest absolute Gasteiger partial charge is 0.495 e. The van der Waals surface area contributed by atoms with E-state index in [0.29, 0.717) is 22.3 Å². The monoisotopic (exact) mass is 359 g/mol. The molecule has 1 N–H and O–H groups in total. The maximum atomic E-state index is 6.07. The van der Waals surface area contributed by atoms with E-state index in [9.17, 15) is 0 Å². The Morgan fingerprint density at radius 1 is 1.16 bits per heavy atom. The second-order valence-electron chi connectivity index (χ2n) is 3.94. The normalized spacial score (nSPS) is 10.3. The summed E-state index contributed by atoms with van der Waals surface area (Å²) in [5.41, 5.74) is 2.01. The molecule has 0 aliphatic heterocycles. The van der Waals surface area contributed by atoms with Crippen LogP contribution in [0.5, 0.6) is 5.75 Å². The molecule has 0 spiro atoms. The van der Waals surface area contributed by atoms with Crippen molar-refractivity contribution < 1.29 is 4.74 Å². The number of hydrogen-bond donors (Lipinski definition) is 1. The van der Waals surface area contributed by atoms with E-state index in [1.165, 1.54) is 0 Å². The van der Waals surface area contributed by atoms with Gasteiger partial charge in [0, 0.05) is 21.7 Å². The Kier molecular flexibility index (Phi) is 4.97. The van der Waals surface area contributed by atoms with Gasteiger partial charge >= 0.3 is 0 Å². The number of hydrogen-bond acceptors (Lipinski definition) is 2. The molecule has 2 nitrogen and oxygen atoms in total. The van der Waals surface area contributed by atoms with Crippen molar-refractivity contribution in [3.8, 4) is 5.75 Å². The minimum absolute atomic E-state index is 0.581. The Labute approximate surface area is 130 Å². The SMILES string of the molecule is COc1ccc(NCc2cc(Cl)ccc2Br)cc1Cl. The van der Waals surface area contributed by atoms with Crippen LogP contribution in [0.4, 0.5) is 5.69 Å². The molecule has 0 amide bonds. The summed E-state index contributed by atoms with van der Waals surface area (Å²) in [7, 11) is 1.59. The molecule has 100 valence electrons. The smallest absolute Gasteiger partial charge is 0.137 e. The second-order valence-corrected chi connectivity index (χ2v) is 5.64. The molecule has 0 aliphatic rings. The Bertz CT molecular complexity index is 590. The quantitative estimate of drug-likeness (QED) is 0.790. The van der Waals surface area contributed by atoms with Gasteiger partial charge in [0.1, 0.15) is 5.75 Å². The summed E-state index contributed by atoms with van der Waals surface area (Å²) in [6.45, 7) is 0.657. The van der Waals surface area contributed by atoms with Crippen LogP contribution in [0.15, 0.2) is 40.9 Å². The van der Waals surface area contributed by atoms with Crippen LogP contribution in [0, 0.1) is 0 Å². The highest BCUT2D eigenvalue weighted by Crippen LogP contribution is 2.28. The van der Waals surface area contributed by atoms with Crippen LogP contribution in [-0.2, 0) is 6.54 Å². The van der Waals surface area contributed by atoms with Crippen molar-refractivity contribution in [3.05, 3.63) is 56.5 Å². The van der Waals surface area contributed by atoms with Crippen LogP contribution >= 0.6 is 39.1 Å². The van der Waals surface area contributed by atoms with Crippen LogP contribution in [0.3, 0.4) is 0 Å². The fourth-order valence-electron chi connectivity index (χ4n) is 1.65. The van der Waals surface area contributed by atoms with Gasteiger partial charge in [0.2, 0.25) is 0 Å². The molecule has 2 aromatic carbocycles. The number of anilines is 1. The van der Waals surface area contributed by atoms with E-state index in [2.05, 4.69) is 21.2 Å². The van der Waals surface area contributed by atoms with Crippen molar-refractivity contribution in [1.29, 1.82) is 0 Å². The molecule has 0 radical (unpaired) electrons. The van der Waals surface area contributed by atoms with E-state index in [4.69, 9.17) is 27.9 Å². The molecule has 5 heteroatoms. The highest BCUT2D eigenvalue weighted by atomic mass is 79.9. The van der Waals surface area contributed by atoms with E-state index in [1.54, 1.807) is 7.11 Å². The van der Waals surface area contributed by atoms with Crippen molar-refractivity contribution in [3.63, 3.8) is 0 Å². The molecular weight excluding hydrogens is 349 g/mol. The van der Waals surface area contributed by atoms with Gasteiger partial charge in [-0.25, -0.2) is 0 Å². The van der Waals surface area contributed by atoms with E-state index in [0.717, 1.165) is 15.7 Å². The fraction of sp³-hybridized carbons (Fsp3) is 0.143. The van der Waals surface area contributed by atoms with Crippen molar-refractivity contribution in [2.75, 3.05) is 12.4 Å². The van der Waals surface area contributed by atoms with Gasteiger partial charge in [0.25, 0.3) is 0 Å². The van der Waals surface area contributed by atoms with Crippen LogP contribution in [-0.4, -0.2) is 7.11 Å². The van der Waals surface area contributed by atoms with Gasteiger partial charge in [-0.3, -0.25) is 0 Å². The highest BCUT2D eigenvalue weighted by molar-refractivity contribution is 9.10. The van der Waals surface area contributed by atoms with Gasteiger partial charge in [-0.1, -0.05) is 39.1 Å². The molecule has 0 saturated heterocycles. The number of rotatable bonds is 4. The van der Waals surface area contributed by atoms with Crippen LogP contribution in [0.2, 0.25) is 10.0 Å². The molecule has 0 unspecified atom stereocenters. The minimum Gasteiger partial charge on any atom is -0.495 e. The molecule has 0 saturated carbocycles. The maximum absolute atomic E-state index is 6.07. The first-order valence-corrected chi connectivity index (χ1v) is 7.16. The molecule has 2 aromatic rings. The predicted molar refractivity (Wildman–Crippen MR) is 84.5 cm³/mol. The summed E-state index contributed by atoms with van der Waals surface area (Å²) in [4.78, 5) is 0. The van der Waals surface area contributed by atoms with Gasteiger partial charge in [0.15, 0.2) is 0 Å². The number of ether oxygens (including phenoxy) is 1. The zero-order valence-corrected chi connectivity index (χ0v) is 13.3. The zero-order chi connectivity index (χ0) is 13.8. The summed E-state index contributed by atoms with van der Waals surface area (Å²) in [5, 5.41) is 4.59. The summed E-state index contributed by atoms with van der Waals surface area (Å²) >= 11 is 15.5. The van der Waals surface area contributed by atoms with Crippen LogP contribution < -0.4 is 10.1 Å². The minimum atomic E-state index is 0.581. The van der Waals surface area contributed by atoms with Crippen molar-refractivity contribution in [2.45, 2.75) is 6.54 Å². The molecule has 0 atom stereocenters. The third kappa shape index (κ3) is 3.78. The standard InChI is InChI=1S/C14H12BrCl2NO/c1-19-14-5-3-11(7-13(14)17)18-8-9-6-10(16)2-4-12(9)15/h2-7,18H,8H2,1H3. The summed E-state index contributed by atoms with van der Waals surface area (Å²) in [5.74, 6) is 0.663. The van der Waals surface area contributed by atoms with E-state index in [1.807, 2.05) is 36.4 Å². The first-order valence-electron chi connectivity index (χ1n) is 5.61. The van der Waals surface area contributed by atoms with Crippen LogP contribution in [0.25, 0.3) is 0 Å². The molecule has 0 heterocycles. The second kappa shape index (κ2) is 6.51. The van der Waals surface area contributed by atoms with Crippen molar-refractivity contribution >= 4 is 44.8 Å². The zero-order valence-electron chi connectivity index (χ0n) is 10.2. The Balaban J connectivity index is 2.10. The Hall–Kier alpha value is -0.900. The topological polar surface area (TPSA) is 21.3 Å². The lowest BCUT2D eigenvalue weighted by atomic mass is 10.2. The van der Waals surface area contributed by atoms with Gasteiger partial charge in [-0.15, -0.1) is 0 Å². The third-order valence-electron chi connectivity index (χ3n) is 2.64. The first-order chi connectivity index (χ1) is 9.10. The van der Waals surface area contributed by atoms with Gasteiger partial charge in [-0.2, -0.15) is 0 Å². The third-order valence-corrected chi connectivity index (χ3v) is 3.95. The molecule has 2 rings (SSSR count). The summed E-state index contributed by atoms with van der Waals surface area (Å²) in [6, 6.07) is 11.3. The van der Waals surface area contributed by atoms with Crippen molar-refractivity contribution in [1.82, 2.24) is 0 Å². The fourth-order valence-corrected chi connectivity index (χ4v) is 2.49. The molecular formula is C14H12BrCl2NO. The lowest BCUT2D eigenvalue weighted by molar-refractivity contribution is 0.415. The van der Waals surface area contributed by atoms with E-state index >= 15 is 0 Å².